The van der Waals surface area contributed by atoms with Crippen LogP contribution in [0.5, 0.6) is 0 Å². The van der Waals surface area contributed by atoms with Gasteiger partial charge in [-0.25, -0.2) is 4.79 Å². The maximum Gasteiger partial charge on any atom is 0.335 e. The molecule has 104 valence electrons. The van der Waals surface area contributed by atoms with E-state index >= 15 is 0 Å². The van der Waals surface area contributed by atoms with Gasteiger partial charge < -0.3 is 5.11 Å². The molecule has 0 aromatic heterocycles. The van der Waals surface area contributed by atoms with Gasteiger partial charge in [-0.15, -0.1) is 11.6 Å². The molecule has 0 aliphatic carbocycles. The fourth-order valence-electron chi connectivity index (χ4n) is 2.37. The van der Waals surface area contributed by atoms with E-state index in [2.05, 4.69) is 19.1 Å². The highest BCUT2D eigenvalue weighted by molar-refractivity contribution is 6.17. The topological polar surface area (TPSA) is 37.3 Å². The second-order valence-corrected chi connectivity index (χ2v) is 5.00. The zero-order valence-corrected chi connectivity index (χ0v) is 12.2. The molecule has 0 fully saturated rings. The quantitative estimate of drug-likeness (QED) is 0.834. The first-order chi connectivity index (χ1) is 9.65. The molecule has 2 aromatic carbocycles. The van der Waals surface area contributed by atoms with E-state index in [0.717, 1.165) is 17.5 Å². The van der Waals surface area contributed by atoms with Crippen LogP contribution >= 0.6 is 11.6 Å². The molecule has 0 saturated carbocycles. The first kappa shape index (κ1) is 14.6. The normalized spacial score (nSPS) is 10.5. The fourth-order valence-corrected chi connectivity index (χ4v) is 2.53. The number of carboxylic acids is 1. The lowest BCUT2D eigenvalue weighted by molar-refractivity contribution is 0.0696. The predicted octanol–water partition coefficient (Wildman–Crippen LogP) is 4.28. The van der Waals surface area contributed by atoms with Crippen molar-refractivity contribution < 1.29 is 9.90 Å². The number of hydrogen-bond donors (Lipinski definition) is 1. The number of hydrogen-bond acceptors (Lipinski definition) is 1. The molecule has 0 radical (unpaired) electrons. The molecule has 20 heavy (non-hydrogen) atoms. The molecule has 0 saturated heterocycles. The number of alkyl halides is 1. The van der Waals surface area contributed by atoms with Crippen LogP contribution in [-0.2, 0) is 18.7 Å². The van der Waals surface area contributed by atoms with E-state index in [1.54, 1.807) is 12.1 Å². The second kappa shape index (κ2) is 6.58. The van der Waals surface area contributed by atoms with E-state index in [0.29, 0.717) is 17.9 Å². The van der Waals surface area contributed by atoms with Gasteiger partial charge in [0.05, 0.1) is 5.56 Å². The van der Waals surface area contributed by atoms with Crippen molar-refractivity contribution in [2.75, 3.05) is 0 Å². The SMILES string of the molecule is CCc1ccccc1Cc1cc(CCl)ccc1C(=O)O. The monoisotopic (exact) mass is 288 g/mol. The van der Waals surface area contributed by atoms with E-state index in [1.807, 2.05) is 18.2 Å². The molecule has 0 amide bonds. The third-order valence-electron chi connectivity index (χ3n) is 3.43. The van der Waals surface area contributed by atoms with E-state index < -0.39 is 5.97 Å². The Balaban J connectivity index is 2.43. The maximum absolute atomic E-state index is 11.3. The van der Waals surface area contributed by atoms with E-state index in [4.69, 9.17) is 11.6 Å². The zero-order valence-electron chi connectivity index (χ0n) is 11.4. The smallest absolute Gasteiger partial charge is 0.335 e. The van der Waals surface area contributed by atoms with Gasteiger partial charge in [0.2, 0.25) is 0 Å². The van der Waals surface area contributed by atoms with Crippen molar-refractivity contribution in [2.24, 2.45) is 0 Å². The molecular formula is C17H17ClO2. The summed E-state index contributed by atoms with van der Waals surface area (Å²) >= 11 is 5.84. The predicted molar refractivity (Wildman–Crippen MR) is 81.6 cm³/mol. The number of carboxylic acid groups (broad SMARTS) is 1. The highest BCUT2D eigenvalue weighted by Gasteiger charge is 2.12. The van der Waals surface area contributed by atoms with Crippen molar-refractivity contribution in [2.45, 2.75) is 25.6 Å². The summed E-state index contributed by atoms with van der Waals surface area (Å²) < 4.78 is 0. The molecule has 0 heterocycles. The summed E-state index contributed by atoms with van der Waals surface area (Å²) in [6.07, 6.45) is 1.56. The Kier molecular flexibility index (Phi) is 4.80. The van der Waals surface area contributed by atoms with Crippen molar-refractivity contribution in [1.29, 1.82) is 0 Å². The summed E-state index contributed by atoms with van der Waals surface area (Å²) in [4.78, 5) is 11.3. The molecule has 0 spiro atoms. The zero-order chi connectivity index (χ0) is 14.5. The van der Waals surface area contributed by atoms with Crippen molar-refractivity contribution in [3.63, 3.8) is 0 Å². The number of rotatable bonds is 5. The summed E-state index contributed by atoms with van der Waals surface area (Å²) in [5.74, 6) is -0.502. The first-order valence-corrected chi connectivity index (χ1v) is 7.17. The minimum absolute atomic E-state index is 0.352. The van der Waals surface area contributed by atoms with Crippen molar-refractivity contribution in [1.82, 2.24) is 0 Å². The van der Waals surface area contributed by atoms with Crippen LogP contribution in [0, 0.1) is 0 Å². The van der Waals surface area contributed by atoms with Gasteiger partial charge in [-0.2, -0.15) is 0 Å². The standard InChI is InChI=1S/C17H17ClO2/c1-2-13-5-3-4-6-14(13)10-15-9-12(11-18)7-8-16(15)17(19)20/h3-9H,2,10-11H2,1H3,(H,19,20). The van der Waals surface area contributed by atoms with Gasteiger partial charge in [0.15, 0.2) is 0 Å². The lowest BCUT2D eigenvalue weighted by Crippen LogP contribution is -2.05. The number of aromatic carboxylic acids is 1. The number of aryl methyl sites for hydroxylation is 1. The molecular weight excluding hydrogens is 272 g/mol. The molecule has 1 N–H and O–H groups in total. The average Bonchev–Trinajstić information content (AvgIpc) is 2.47. The summed E-state index contributed by atoms with van der Waals surface area (Å²) in [6.45, 7) is 2.10. The minimum Gasteiger partial charge on any atom is -0.478 e. The molecule has 3 heteroatoms. The molecule has 0 aliphatic heterocycles. The first-order valence-electron chi connectivity index (χ1n) is 6.63. The van der Waals surface area contributed by atoms with E-state index in [-0.39, 0.29) is 0 Å². The van der Waals surface area contributed by atoms with Gasteiger partial charge in [0.1, 0.15) is 0 Å². The summed E-state index contributed by atoms with van der Waals surface area (Å²) in [5.41, 5.74) is 4.53. The highest BCUT2D eigenvalue weighted by atomic mass is 35.5. The molecule has 0 unspecified atom stereocenters. The van der Waals surface area contributed by atoms with Crippen LogP contribution in [-0.4, -0.2) is 11.1 Å². The van der Waals surface area contributed by atoms with Crippen molar-refractivity contribution in [3.8, 4) is 0 Å². The van der Waals surface area contributed by atoms with Gasteiger partial charge in [0, 0.05) is 5.88 Å². The third-order valence-corrected chi connectivity index (χ3v) is 3.74. The maximum atomic E-state index is 11.3. The molecule has 0 bridgehead atoms. The Morgan fingerprint density at radius 2 is 1.80 bits per heavy atom. The van der Waals surface area contributed by atoms with Crippen LogP contribution in [0.3, 0.4) is 0 Å². The number of halogens is 1. The molecule has 2 nitrogen and oxygen atoms in total. The minimum atomic E-state index is -0.893. The highest BCUT2D eigenvalue weighted by Crippen LogP contribution is 2.20. The Labute approximate surface area is 124 Å². The third kappa shape index (κ3) is 3.20. The fraction of sp³-hybridized carbons (Fsp3) is 0.235. The van der Waals surface area contributed by atoms with Crippen LogP contribution in [0.15, 0.2) is 42.5 Å². The summed E-state index contributed by atoms with van der Waals surface area (Å²) in [7, 11) is 0. The summed E-state index contributed by atoms with van der Waals surface area (Å²) in [6, 6.07) is 13.4. The summed E-state index contributed by atoms with van der Waals surface area (Å²) in [5, 5.41) is 9.30. The van der Waals surface area contributed by atoms with Gasteiger partial charge in [-0.3, -0.25) is 0 Å². The van der Waals surface area contributed by atoms with E-state index in [1.165, 1.54) is 11.1 Å². The van der Waals surface area contributed by atoms with Crippen LogP contribution < -0.4 is 0 Å². The average molecular weight is 289 g/mol. The lowest BCUT2D eigenvalue weighted by Gasteiger charge is -2.11. The Bertz CT molecular complexity index is 620. The Morgan fingerprint density at radius 3 is 2.40 bits per heavy atom. The van der Waals surface area contributed by atoms with Crippen molar-refractivity contribution in [3.05, 3.63) is 70.3 Å². The van der Waals surface area contributed by atoms with E-state index in [9.17, 15) is 9.90 Å². The van der Waals surface area contributed by atoms with Gasteiger partial charge in [-0.05, 0) is 41.2 Å². The van der Waals surface area contributed by atoms with Crippen LogP contribution in [0.2, 0.25) is 0 Å². The van der Waals surface area contributed by atoms with Crippen molar-refractivity contribution >= 4 is 17.6 Å². The molecule has 2 aromatic rings. The van der Waals surface area contributed by atoms with Crippen LogP contribution in [0.1, 0.15) is 39.5 Å². The van der Waals surface area contributed by atoms with Gasteiger partial charge in [-0.1, -0.05) is 43.3 Å². The molecule has 0 atom stereocenters. The molecule has 2 rings (SSSR count). The van der Waals surface area contributed by atoms with Crippen LogP contribution in [0.4, 0.5) is 0 Å². The largest absolute Gasteiger partial charge is 0.478 e. The van der Waals surface area contributed by atoms with Crippen LogP contribution in [0.25, 0.3) is 0 Å². The Morgan fingerprint density at radius 1 is 1.10 bits per heavy atom. The van der Waals surface area contributed by atoms with Gasteiger partial charge in [0.25, 0.3) is 0 Å². The molecule has 0 aliphatic rings. The number of carbonyl (C=O) groups is 1. The number of benzene rings is 2. The Hall–Kier alpha value is -1.80. The second-order valence-electron chi connectivity index (χ2n) is 4.73. The lowest BCUT2D eigenvalue weighted by atomic mass is 9.94. The van der Waals surface area contributed by atoms with Gasteiger partial charge >= 0.3 is 5.97 Å².